The first kappa shape index (κ1) is 17.3. The number of rotatable bonds is 5. The summed E-state index contributed by atoms with van der Waals surface area (Å²) >= 11 is 12.2. The van der Waals surface area contributed by atoms with Gasteiger partial charge in [0.15, 0.2) is 11.5 Å². The van der Waals surface area contributed by atoms with E-state index in [9.17, 15) is 0 Å². The highest BCUT2D eigenvalue weighted by Gasteiger charge is 2.24. The highest BCUT2D eigenvalue weighted by molar-refractivity contribution is 6.35. The quantitative estimate of drug-likeness (QED) is 0.619. The first-order chi connectivity index (χ1) is 12.6. The van der Waals surface area contributed by atoms with Crippen molar-refractivity contribution in [1.29, 1.82) is 0 Å². The number of ether oxygens (including phenoxy) is 1. The predicted octanol–water partition coefficient (Wildman–Crippen LogP) is 3.88. The van der Waals surface area contributed by atoms with Crippen molar-refractivity contribution >= 4 is 34.7 Å². The van der Waals surface area contributed by atoms with E-state index in [1.165, 1.54) is 0 Å². The predicted molar refractivity (Wildman–Crippen MR) is 103 cm³/mol. The summed E-state index contributed by atoms with van der Waals surface area (Å²) in [5.41, 5.74) is 1.44. The number of aromatic nitrogens is 4. The lowest BCUT2D eigenvalue weighted by Gasteiger charge is -2.17. The smallest absolute Gasteiger partial charge is 0.185 e. The van der Waals surface area contributed by atoms with Crippen LogP contribution in [0.25, 0.3) is 17.0 Å². The molecule has 0 aliphatic carbocycles. The molecule has 4 rings (SSSR count). The van der Waals surface area contributed by atoms with Gasteiger partial charge in [-0.1, -0.05) is 29.3 Å². The molecule has 1 unspecified atom stereocenters. The zero-order chi connectivity index (χ0) is 18.1. The molecule has 0 amide bonds. The van der Waals surface area contributed by atoms with Crippen molar-refractivity contribution in [2.75, 3.05) is 24.6 Å². The number of anilines is 1. The molecule has 2 aromatic heterocycles. The normalized spacial score (nSPS) is 17.2. The largest absolute Gasteiger partial charge is 0.372 e. The Kier molecular flexibility index (Phi) is 4.80. The first-order valence-corrected chi connectivity index (χ1v) is 9.06. The summed E-state index contributed by atoms with van der Waals surface area (Å²) in [5, 5.41) is 14.2. The van der Waals surface area contributed by atoms with Crippen LogP contribution in [0, 0.1) is 0 Å². The van der Waals surface area contributed by atoms with Gasteiger partial charge in [-0.2, -0.15) is 4.52 Å². The van der Waals surface area contributed by atoms with Crippen LogP contribution in [-0.4, -0.2) is 45.6 Å². The van der Waals surface area contributed by atoms with Gasteiger partial charge in [0.2, 0.25) is 0 Å². The molecule has 3 heterocycles. The van der Waals surface area contributed by atoms with Crippen molar-refractivity contribution in [2.24, 2.45) is 0 Å². The minimum Gasteiger partial charge on any atom is -0.372 e. The molecule has 26 heavy (non-hydrogen) atoms. The number of halogens is 2. The number of nitrogens with zero attached hydrogens (tertiary/aromatic N) is 5. The van der Waals surface area contributed by atoms with Crippen LogP contribution in [0.1, 0.15) is 6.42 Å². The van der Waals surface area contributed by atoms with Gasteiger partial charge in [-0.05, 0) is 36.8 Å². The van der Waals surface area contributed by atoms with Crippen LogP contribution in [-0.2, 0) is 4.74 Å². The summed E-state index contributed by atoms with van der Waals surface area (Å²) in [6.45, 7) is 5.94. The van der Waals surface area contributed by atoms with Crippen LogP contribution in [0.15, 0.2) is 43.0 Å². The van der Waals surface area contributed by atoms with Gasteiger partial charge in [0.05, 0.1) is 12.7 Å². The Morgan fingerprint density at radius 1 is 1.19 bits per heavy atom. The molecular formula is C18H17Cl2N5O. The number of benzene rings is 1. The van der Waals surface area contributed by atoms with E-state index in [0.717, 1.165) is 30.9 Å². The van der Waals surface area contributed by atoms with Crippen molar-refractivity contribution in [3.05, 3.63) is 53.0 Å². The number of hydrogen-bond donors (Lipinski definition) is 0. The molecule has 1 aliphatic rings. The minimum atomic E-state index is 0.192. The first-order valence-electron chi connectivity index (χ1n) is 8.30. The molecule has 0 N–H and O–H groups in total. The van der Waals surface area contributed by atoms with Gasteiger partial charge in [0.25, 0.3) is 0 Å². The third kappa shape index (κ3) is 3.40. The lowest BCUT2D eigenvalue weighted by atomic mass is 10.2. The maximum absolute atomic E-state index is 6.12. The zero-order valence-corrected chi connectivity index (χ0v) is 15.5. The Morgan fingerprint density at radius 2 is 2.00 bits per heavy atom. The van der Waals surface area contributed by atoms with E-state index in [1.807, 2.05) is 12.1 Å². The SMILES string of the molecule is C=CCOC1CCN(c2ccc3nnc(-c4cc(Cl)cc(Cl)c4)n3n2)C1. The maximum Gasteiger partial charge on any atom is 0.185 e. The zero-order valence-electron chi connectivity index (χ0n) is 14.0. The summed E-state index contributed by atoms with van der Waals surface area (Å²) in [7, 11) is 0. The Balaban J connectivity index is 1.66. The summed E-state index contributed by atoms with van der Waals surface area (Å²) in [5.74, 6) is 1.46. The standard InChI is InChI=1S/C18H17Cl2N5O/c1-2-7-26-15-5-6-24(11-15)17-4-3-16-21-22-18(25(16)23-17)12-8-13(19)10-14(20)9-12/h2-4,8-10,15H,1,5-7,11H2. The van der Waals surface area contributed by atoms with Crippen molar-refractivity contribution < 1.29 is 4.74 Å². The maximum atomic E-state index is 6.12. The van der Waals surface area contributed by atoms with E-state index in [-0.39, 0.29) is 6.10 Å². The van der Waals surface area contributed by atoms with Crippen LogP contribution in [0.2, 0.25) is 10.0 Å². The average Bonchev–Trinajstić information content (AvgIpc) is 3.25. The molecule has 0 bridgehead atoms. The molecule has 0 radical (unpaired) electrons. The Hall–Kier alpha value is -2.15. The van der Waals surface area contributed by atoms with Crippen molar-refractivity contribution in [1.82, 2.24) is 19.8 Å². The van der Waals surface area contributed by atoms with E-state index in [1.54, 1.807) is 28.8 Å². The lowest BCUT2D eigenvalue weighted by Crippen LogP contribution is -2.24. The van der Waals surface area contributed by atoms with Crippen LogP contribution in [0.4, 0.5) is 5.82 Å². The van der Waals surface area contributed by atoms with Crippen LogP contribution >= 0.6 is 23.2 Å². The second-order valence-electron chi connectivity index (χ2n) is 6.12. The van der Waals surface area contributed by atoms with Crippen LogP contribution in [0.5, 0.6) is 0 Å². The summed E-state index contributed by atoms with van der Waals surface area (Å²) in [6, 6.07) is 9.14. The van der Waals surface area contributed by atoms with Gasteiger partial charge < -0.3 is 9.64 Å². The van der Waals surface area contributed by atoms with E-state index in [4.69, 9.17) is 33.0 Å². The van der Waals surface area contributed by atoms with Gasteiger partial charge in [-0.3, -0.25) is 0 Å². The van der Waals surface area contributed by atoms with Gasteiger partial charge in [0, 0.05) is 28.7 Å². The van der Waals surface area contributed by atoms with Gasteiger partial charge in [-0.15, -0.1) is 21.9 Å². The summed E-state index contributed by atoms with van der Waals surface area (Å²) in [4.78, 5) is 2.20. The molecule has 6 nitrogen and oxygen atoms in total. The van der Waals surface area contributed by atoms with Crippen LogP contribution in [0.3, 0.4) is 0 Å². The van der Waals surface area contributed by atoms with Crippen LogP contribution < -0.4 is 4.90 Å². The fourth-order valence-corrected chi connectivity index (χ4v) is 3.61. The highest BCUT2D eigenvalue weighted by atomic mass is 35.5. The second-order valence-corrected chi connectivity index (χ2v) is 6.99. The third-order valence-electron chi connectivity index (χ3n) is 4.29. The molecule has 1 aliphatic heterocycles. The fourth-order valence-electron chi connectivity index (χ4n) is 3.09. The molecule has 1 saturated heterocycles. The molecular weight excluding hydrogens is 373 g/mol. The Morgan fingerprint density at radius 3 is 2.77 bits per heavy atom. The highest BCUT2D eigenvalue weighted by Crippen LogP contribution is 2.27. The van der Waals surface area contributed by atoms with E-state index in [2.05, 4.69) is 21.7 Å². The minimum absolute atomic E-state index is 0.192. The molecule has 1 fully saturated rings. The topological polar surface area (TPSA) is 55.5 Å². The third-order valence-corrected chi connectivity index (χ3v) is 4.72. The summed E-state index contributed by atoms with van der Waals surface area (Å²) in [6.07, 6.45) is 2.93. The molecule has 0 saturated carbocycles. The van der Waals surface area contributed by atoms with Crippen molar-refractivity contribution in [2.45, 2.75) is 12.5 Å². The van der Waals surface area contributed by atoms with E-state index < -0.39 is 0 Å². The molecule has 134 valence electrons. The lowest BCUT2D eigenvalue weighted by molar-refractivity contribution is 0.0909. The van der Waals surface area contributed by atoms with Gasteiger partial charge in [-0.25, -0.2) is 0 Å². The van der Waals surface area contributed by atoms with Crippen molar-refractivity contribution in [3.8, 4) is 11.4 Å². The van der Waals surface area contributed by atoms with Crippen molar-refractivity contribution in [3.63, 3.8) is 0 Å². The van der Waals surface area contributed by atoms with Gasteiger partial charge in [0.1, 0.15) is 5.82 Å². The van der Waals surface area contributed by atoms with Gasteiger partial charge >= 0.3 is 0 Å². The Bertz CT molecular complexity index is 938. The molecule has 1 aromatic carbocycles. The van der Waals surface area contributed by atoms with E-state index in [0.29, 0.717) is 28.1 Å². The number of fused-ring (bicyclic) bond motifs is 1. The monoisotopic (exact) mass is 389 g/mol. The summed E-state index contributed by atoms with van der Waals surface area (Å²) < 4.78 is 7.46. The molecule has 3 aromatic rings. The fraction of sp³-hybridized carbons (Fsp3) is 0.278. The number of hydrogen-bond acceptors (Lipinski definition) is 5. The molecule has 1 atom stereocenters. The Labute approximate surface area is 161 Å². The second kappa shape index (κ2) is 7.23. The molecule has 8 heteroatoms. The van der Waals surface area contributed by atoms with E-state index >= 15 is 0 Å². The average molecular weight is 390 g/mol. The molecule has 0 spiro atoms.